The fourth-order valence-corrected chi connectivity index (χ4v) is 2.23. The highest BCUT2D eigenvalue weighted by Gasteiger charge is 2.09. The average Bonchev–Trinajstić information content (AvgIpc) is 2.90. The first-order valence-corrected chi connectivity index (χ1v) is 7.44. The first-order valence-electron chi connectivity index (χ1n) is 7.44. The van der Waals surface area contributed by atoms with Crippen LogP contribution in [0.15, 0.2) is 28.8 Å². The van der Waals surface area contributed by atoms with Gasteiger partial charge in [0.25, 0.3) is 0 Å². The minimum Gasteiger partial charge on any atom is -0.441 e. The van der Waals surface area contributed by atoms with E-state index in [-0.39, 0.29) is 0 Å². The van der Waals surface area contributed by atoms with E-state index in [9.17, 15) is 0 Å². The maximum atomic E-state index is 5.87. The maximum Gasteiger partial charge on any atom is 0.194 e. The van der Waals surface area contributed by atoms with Crippen LogP contribution in [0.25, 0.3) is 11.3 Å². The van der Waals surface area contributed by atoms with Crippen LogP contribution in [-0.2, 0) is 6.42 Å². The van der Waals surface area contributed by atoms with Gasteiger partial charge in [0, 0.05) is 12.0 Å². The SMILES string of the molecule is CCCNCCCc1ncc(-c2cccc(C)c2C)o1. The molecule has 0 aliphatic heterocycles. The maximum absolute atomic E-state index is 5.87. The van der Waals surface area contributed by atoms with Crippen LogP contribution < -0.4 is 5.32 Å². The normalized spacial score (nSPS) is 10.9. The van der Waals surface area contributed by atoms with E-state index in [1.807, 2.05) is 6.20 Å². The van der Waals surface area contributed by atoms with Gasteiger partial charge in [0.1, 0.15) is 0 Å². The number of rotatable bonds is 7. The molecule has 1 aromatic heterocycles. The van der Waals surface area contributed by atoms with Crippen LogP contribution in [0.2, 0.25) is 0 Å². The van der Waals surface area contributed by atoms with Crippen molar-refractivity contribution in [2.75, 3.05) is 13.1 Å². The Bertz CT molecular complexity index is 546. The van der Waals surface area contributed by atoms with Gasteiger partial charge in [-0.2, -0.15) is 0 Å². The van der Waals surface area contributed by atoms with E-state index in [4.69, 9.17) is 4.42 Å². The molecule has 0 unspecified atom stereocenters. The zero-order chi connectivity index (χ0) is 14.4. The molecule has 0 saturated carbocycles. The molecule has 1 N–H and O–H groups in total. The Labute approximate surface area is 121 Å². The molecule has 0 aliphatic carbocycles. The molecule has 0 radical (unpaired) electrons. The third-order valence-electron chi connectivity index (χ3n) is 3.59. The van der Waals surface area contributed by atoms with Gasteiger partial charge in [-0.15, -0.1) is 0 Å². The summed E-state index contributed by atoms with van der Waals surface area (Å²) in [5, 5.41) is 3.39. The van der Waals surface area contributed by atoms with Crippen molar-refractivity contribution in [2.45, 2.75) is 40.0 Å². The lowest BCUT2D eigenvalue weighted by molar-refractivity contribution is 0.491. The monoisotopic (exact) mass is 272 g/mol. The Kier molecular flexibility index (Phi) is 5.36. The highest BCUT2D eigenvalue weighted by Crippen LogP contribution is 2.26. The van der Waals surface area contributed by atoms with E-state index >= 15 is 0 Å². The van der Waals surface area contributed by atoms with Gasteiger partial charge in [-0.3, -0.25) is 0 Å². The second kappa shape index (κ2) is 7.25. The second-order valence-electron chi connectivity index (χ2n) is 5.22. The molecule has 0 saturated heterocycles. The predicted octanol–water partition coefficient (Wildman–Crippen LogP) is 3.89. The van der Waals surface area contributed by atoms with Gasteiger partial charge in [-0.25, -0.2) is 4.98 Å². The molecule has 108 valence electrons. The Morgan fingerprint density at radius 3 is 2.85 bits per heavy atom. The van der Waals surface area contributed by atoms with Crippen LogP contribution in [0.1, 0.15) is 36.8 Å². The summed E-state index contributed by atoms with van der Waals surface area (Å²) in [5.74, 6) is 1.71. The summed E-state index contributed by atoms with van der Waals surface area (Å²) in [4.78, 5) is 4.39. The number of nitrogens with one attached hydrogen (secondary N) is 1. The van der Waals surface area contributed by atoms with E-state index in [1.165, 1.54) is 17.5 Å². The van der Waals surface area contributed by atoms with Gasteiger partial charge in [-0.1, -0.05) is 25.1 Å². The molecule has 20 heavy (non-hydrogen) atoms. The summed E-state index contributed by atoms with van der Waals surface area (Å²) >= 11 is 0. The number of hydrogen-bond donors (Lipinski definition) is 1. The number of oxazole rings is 1. The number of nitrogens with zero attached hydrogens (tertiary/aromatic N) is 1. The predicted molar refractivity (Wildman–Crippen MR) is 82.9 cm³/mol. The van der Waals surface area contributed by atoms with Gasteiger partial charge in [0.15, 0.2) is 11.7 Å². The first-order chi connectivity index (χ1) is 9.72. The molecule has 2 rings (SSSR count). The Morgan fingerprint density at radius 1 is 1.20 bits per heavy atom. The van der Waals surface area contributed by atoms with Crippen molar-refractivity contribution in [1.29, 1.82) is 0 Å². The van der Waals surface area contributed by atoms with Crippen molar-refractivity contribution < 1.29 is 4.42 Å². The molecule has 0 aliphatic rings. The van der Waals surface area contributed by atoms with Crippen LogP contribution in [0.5, 0.6) is 0 Å². The largest absolute Gasteiger partial charge is 0.441 e. The Hall–Kier alpha value is -1.61. The summed E-state index contributed by atoms with van der Waals surface area (Å²) in [6.45, 7) is 8.53. The molecular formula is C17H24N2O. The summed E-state index contributed by atoms with van der Waals surface area (Å²) in [7, 11) is 0. The topological polar surface area (TPSA) is 38.1 Å². The number of aryl methyl sites for hydroxylation is 2. The Balaban J connectivity index is 1.97. The molecule has 0 fully saturated rings. The molecular weight excluding hydrogens is 248 g/mol. The number of aromatic nitrogens is 1. The van der Waals surface area contributed by atoms with Gasteiger partial charge in [-0.05, 0) is 50.9 Å². The lowest BCUT2D eigenvalue weighted by Crippen LogP contribution is -2.16. The third-order valence-corrected chi connectivity index (χ3v) is 3.59. The number of benzene rings is 1. The van der Waals surface area contributed by atoms with Crippen molar-refractivity contribution in [2.24, 2.45) is 0 Å². The summed E-state index contributed by atoms with van der Waals surface area (Å²) in [5.41, 5.74) is 3.69. The van der Waals surface area contributed by atoms with Gasteiger partial charge >= 0.3 is 0 Å². The molecule has 0 atom stereocenters. The summed E-state index contributed by atoms with van der Waals surface area (Å²) in [6, 6.07) is 6.28. The lowest BCUT2D eigenvalue weighted by atomic mass is 10.0. The number of hydrogen-bond acceptors (Lipinski definition) is 3. The van der Waals surface area contributed by atoms with Crippen LogP contribution in [0, 0.1) is 13.8 Å². The standard InChI is InChI=1S/C17H24N2O/c1-4-10-18-11-6-9-17-19-12-16(20-17)15-8-5-7-13(2)14(15)3/h5,7-8,12,18H,4,6,9-11H2,1-3H3. The van der Waals surface area contributed by atoms with E-state index < -0.39 is 0 Å². The second-order valence-corrected chi connectivity index (χ2v) is 5.22. The lowest BCUT2D eigenvalue weighted by Gasteiger charge is -2.05. The minimum atomic E-state index is 0.833. The minimum absolute atomic E-state index is 0.833. The van der Waals surface area contributed by atoms with Crippen LogP contribution in [0.4, 0.5) is 0 Å². The van der Waals surface area contributed by atoms with Crippen molar-refractivity contribution in [1.82, 2.24) is 10.3 Å². The van der Waals surface area contributed by atoms with Crippen molar-refractivity contribution >= 4 is 0 Å². The molecule has 0 amide bonds. The van der Waals surface area contributed by atoms with Gasteiger partial charge in [0.05, 0.1) is 6.20 Å². The van der Waals surface area contributed by atoms with E-state index in [0.717, 1.165) is 43.1 Å². The third kappa shape index (κ3) is 3.70. The van der Waals surface area contributed by atoms with Crippen molar-refractivity contribution in [3.8, 4) is 11.3 Å². The molecule has 0 bridgehead atoms. The molecule has 1 aromatic carbocycles. The molecule has 3 nitrogen and oxygen atoms in total. The van der Waals surface area contributed by atoms with Gasteiger partial charge < -0.3 is 9.73 Å². The zero-order valence-corrected chi connectivity index (χ0v) is 12.7. The fourth-order valence-electron chi connectivity index (χ4n) is 2.23. The quantitative estimate of drug-likeness (QED) is 0.777. The van der Waals surface area contributed by atoms with Gasteiger partial charge in [0.2, 0.25) is 0 Å². The first kappa shape index (κ1) is 14.8. The average molecular weight is 272 g/mol. The van der Waals surface area contributed by atoms with Crippen LogP contribution >= 0.6 is 0 Å². The zero-order valence-electron chi connectivity index (χ0n) is 12.7. The summed E-state index contributed by atoms with van der Waals surface area (Å²) in [6.07, 6.45) is 4.97. The molecule has 0 spiro atoms. The smallest absolute Gasteiger partial charge is 0.194 e. The van der Waals surface area contributed by atoms with E-state index in [0.29, 0.717) is 0 Å². The van der Waals surface area contributed by atoms with E-state index in [1.54, 1.807) is 0 Å². The Morgan fingerprint density at radius 2 is 2.05 bits per heavy atom. The summed E-state index contributed by atoms with van der Waals surface area (Å²) < 4.78 is 5.87. The fraction of sp³-hybridized carbons (Fsp3) is 0.471. The van der Waals surface area contributed by atoms with Crippen molar-refractivity contribution in [3.63, 3.8) is 0 Å². The molecule has 1 heterocycles. The molecule has 3 heteroatoms. The van der Waals surface area contributed by atoms with E-state index in [2.05, 4.69) is 49.3 Å². The van der Waals surface area contributed by atoms with Crippen LogP contribution in [-0.4, -0.2) is 18.1 Å². The van der Waals surface area contributed by atoms with Crippen LogP contribution in [0.3, 0.4) is 0 Å². The van der Waals surface area contributed by atoms with Crippen molar-refractivity contribution in [3.05, 3.63) is 41.4 Å². The highest BCUT2D eigenvalue weighted by molar-refractivity contribution is 5.62. The molecule has 2 aromatic rings. The highest BCUT2D eigenvalue weighted by atomic mass is 16.4.